The number of anilines is 1. The molecule has 0 unspecified atom stereocenters. The van der Waals surface area contributed by atoms with E-state index in [1.54, 1.807) is 11.3 Å². The van der Waals surface area contributed by atoms with Gasteiger partial charge in [0.2, 0.25) is 0 Å². The normalized spacial score (nSPS) is 15.4. The van der Waals surface area contributed by atoms with Gasteiger partial charge in [-0.25, -0.2) is 4.98 Å². The molecule has 1 aromatic heterocycles. The van der Waals surface area contributed by atoms with Crippen LogP contribution in [0.25, 0.3) is 0 Å². The topological polar surface area (TPSA) is 43.8 Å². The second-order valence-corrected chi connectivity index (χ2v) is 7.74. The van der Waals surface area contributed by atoms with Crippen LogP contribution in [0, 0.1) is 6.92 Å². The smallest absolute Gasteiger partial charge is 0.194 e. The predicted octanol–water partition coefficient (Wildman–Crippen LogP) is 3.44. The molecule has 0 spiro atoms. The van der Waals surface area contributed by atoms with Crippen molar-refractivity contribution < 1.29 is 0 Å². The van der Waals surface area contributed by atoms with Gasteiger partial charge in [0.15, 0.2) is 5.96 Å². The molecular weight excluding hydrogens is 366 g/mol. The summed E-state index contributed by atoms with van der Waals surface area (Å²) in [7, 11) is 0. The third-order valence-electron chi connectivity index (χ3n) is 4.40. The van der Waals surface area contributed by atoms with Crippen LogP contribution in [0.4, 0.5) is 5.69 Å². The van der Waals surface area contributed by atoms with E-state index in [1.165, 1.54) is 0 Å². The highest BCUT2D eigenvalue weighted by Crippen LogP contribution is 2.26. The molecule has 2 heterocycles. The lowest BCUT2D eigenvalue weighted by atomic mass is 10.2. The number of nitrogens with one attached hydrogen (secondary N) is 1. The third-order valence-corrected chi connectivity index (χ3v) is 5.55. The van der Waals surface area contributed by atoms with E-state index in [2.05, 4.69) is 38.5 Å². The zero-order valence-electron chi connectivity index (χ0n) is 15.4. The Morgan fingerprint density at radius 3 is 2.69 bits per heavy atom. The lowest BCUT2D eigenvalue weighted by molar-refractivity contribution is 0.372. The lowest BCUT2D eigenvalue weighted by Gasteiger charge is -2.38. The molecule has 1 fully saturated rings. The number of benzene rings is 1. The first kappa shape index (κ1) is 19.0. The molecule has 0 radical (unpaired) electrons. The van der Waals surface area contributed by atoms with Gasteiger partial charge in [-0.3, -0.25) is 4.99 Å². The number of halogens is 1. The van der Waals surface area contributed by atoms with E-state index < -0.39 is 0 Å². The molecule has 0 saturated carbocycles. The Morgan fingerprint density at radius 2 is 2.04 bits per heavy atom. The fraction of sp³-hybridized carbons (Fsp3) is 0.474. The van der Waals surface area contributed by atoms with Gasteiger partial charge in [0.1, 0.15) is 0 Å². The highest BCUT2D eigenvalue weighted by Gasteiger charge is 2.20. The fourth-order valence-electron chi connectivity index (χ4n) is 3.09. The number of guanidine groups is 1. The number of aromatic nitrogens is 1. The SMILES string of the molecule is CCNC(=NCCc1csc(C)n1)N1CCN(c2ccccc2Cl)CC1. The van der Waals surface area contributed by atoms with Gasteiger partial charge in [0, 0.05) is 51.1 Å². The summed E-state index contributed by atoms with van der Waals surface area (Å²) >= 11 is 8.04. The molecule has 1 aliphatic heterocycles. The van der Waals surface area contributed by atoms with Crippen molar-refractivity contribution in [3.63, 3.8) is 0 Å². The zero-order chi connectivity index (χ0) is 18.4. The summed E-state index contributed by atoms with van der Waals surface area (Å²) in [6, 6.07) is 8.06. The van der Waals surface area contributed by atoms with Crippen LogP contribution in [0.15, 0.2) is 34.6 Å². The van der Waals surface area contributed by atoms with E-state index in [4.69, 9.17) is 16.6 Å². The number of aryl methyl sites for hydroxylation is 1. The largest absolute Gasteiger partial charge is 0.367 e. The van der Waals surface area contributed by atoms with Crippen LogP contribution < -0.4 is 10.2 Å². The van der Waals surface area contributed by atoms with Gasteiger partial charge in [-0.15, -0.1) is 11.3 Å². The standard InChI is InChI=1S/C19H26ClN5S/c1-3-21-19(22-9-8-16-14-26-15(2)23-16)25-12-10-24(11-13-25)18-7-5-4-6-17(18)20/h4-7,14H,3,8-13H2,1-2H3,(H,21,22). The minimum atomic E-state index is 0.760. The van der Waals surface area contributed by atoms with E-state index in [1.807, 2.05) is 25.1 Å². The monoisotopic (exact) mass is 391 g/mol. The number of hydrogen-bond donors (Lipinski definition) is 1. The van der Waals surface area contributed by atoms with E-state index in [0.717, 1.165) is 73.1 Å². The van der Waals surface area contributed by atoms with Crippen molar-refractivity contribution in [3.05, 3.63) is 45.4 Å². The summed E-state index contributed by atoms with van der Waals surface area (Å²) < 4.78 is 0. The van der Waals surface area contributed by atoms with Crippen molar-refractivity contribution in [2.75, 3.05) is 44.2 Å². The second-order valence-electron chi connectivity index (χ2n) is 6.27. The van der Waals surface area contributed by atoms with Gasteiger partial charge in [0.25, 0.3) is 0 Å². The minimum Gasteiger partial charge on any atom is -0.367 e. The Hall–Kier alpha value is -1.79. The van der Waals surface area contributed by atoms with E-state index in [-0.39, 0.29) is 0 Å². The number of piperazine rings is 1. The van der Waals surface area contributed by atoms with E-state index in [0.29, 0.717) is 0 Å². The van der Waals surface area contributed by atoms with Crippen molar-refractivity contribution in [1.29, 1.82) is 0 Å². The van der Waals surface area contributed by atoms with E-state index >= 15 is 0 Å². The maximum atomic E-state index is 6.34. The van der Waals surface area contributed by atoms with Crippen molar-refractivity contribution in [2.24, 2.45) is 4.99 Å². The highest BCUT2D eigenvalue weighted by molar-refractivity contribution is 7.09. The van der Waals surface area contributed by atoms with Gasteiger partial charge < -0.3 is 15.1 Å². The first-order valence-electron chi connectivity index (χ1n) is 9.11. The molecule has 0 bridgehead atoms. The van der Waals surface area contributed by atoms with Crippen LogP contribution in [0.2, 0.25) is 5.02 Å². The summed E-state index contributed by atoms with van der Waals surface area (Å²) in [5.41, 5.74) is 2.25. The molecule has 1 N–H and O–H groups in total. The summed E-state index contributed by atoms with van der Waals surface area (Å²) in [5.74, 6) is 0.998. The van der Waals surface area contributed by atoms with E-state index in [9.17, 15) is 0 Å². The Labute approximate surface area is 164 Å². The Morgan fingerprint density at radius 1 is 1.27 bits per heavy atom. The molecule has 1 aliphatic rings. The summed E-state index contributed by atoms with van der Waals surface area (Å²) in [6.07, 6.45) is 0.888. The highest BCUT2D eigenvalue weighted by atomic mass is 35.5. The molecule has 1 aromatic carbocycles. The van der Waals surface area contributed by atoms with Gasteiger partial charge in [-0.1, -0.05) is 23.7 Å². The van der Waals surface area contributed by atoms with Crippen LogP contribution in [-0.2, 0) is 6.42 Å². The van der Waals surface area contributed by atoms with Gasteiger partial charge in [-0.05, 0) is 26.0 Å². The summed E-state index contributed by atoms with van der Waals surface area (Å²) in [6.45, 7) is 9.55. The maximum absolute atomic E-state index is 6.34. The third kappa shape index (κ3) is 4.89. The molecule has 0 atom stereocenters. The summed E-state index contributed by atoms with van der Waals surface area (Å²) in [4.78, 5) is 14.0. The quantitative estimate of drug-likeness (QED) is 0.626. The minimum absolute atomic E-state index is 0.760. The first-order valence-corrected chi connectivity index (χ1v) is 10.4. The molecule has 2 aromatic rings. The Kier molecular flexibility index (Phi) is 6.74. The number of rotatable bonds is 5. The average Bonchev–Trinajstić information content (AvgIpc) is 3.07. The maximum Gasteiger partial charge on any atom is 0.194 e. The predicted molar refractivity (Wildman–Crippen MR) is 112 cm³/mol. The molecule has 0 aliphatic carbocycles. The average molecular weight is 392 g/mol. The molecule has 7 heteroatoms. The second kappa shape index (κ2) is 9.24. The number of thiazole rings is 1. The van der Waals surface area contributed by atoms with Crippen molar-refractivity contribution in [3.8, 4) is 0 Å². The van der Waals surface area contributed by atoms with Gasteiger partial charge in [-0.2, -0.15) is 0 Å². The molecule has 3 rings (SSSR count). The fourth-order valence-corrected chi connectivity index (χ4v) is 3.99. The van der Waals surface area contributed by atoms with Crippen molar-refractivity contribution >= 4 is 34.6 Å². The zero-order valence-corrected chi connectivity index (χ0v) is 17.0. The Bertz CT molecular complexity index is 737. The molecule has 26 heavy (non-hydrogen) atoms. The van der Waals surface area contributed by atoms with Crippen molar-refractivity contribution in [1.82, 2.24) is 15.2 Å². The first-order chi connectivity index (χ1) is 12.7. The molecule has 1 saturated heterocycles. The number of para-hydroxylation sites is 1. The summed E-state index contributed by atoms with van der Waals surface area (Å²) in [5, 5.41) is 7.49. The van der Waals surface area contributed by atoms with Gasteiger partial charge in [0.05, 0.1) is 21.4 Å². The lowest BCUT2D eigenvalue weighted by Crippen LogP contribution is -2.52. The molecule has 5 nitrogen and oxygen atoms in total. The van der Waals surface area contributed by atoms with Crippen LogP contribution in [0.3, 0.4) is 0 Å². The number of aliphatic imine (C=N–C) groups is 1. The van der Waals surface area contributed by atoms with Gasteiger partial charge >= 0.3 is 0 Å². The number of hydrogen-bond acceptors (Lipinski definition) is 4. The molecular formula is C19H26ClN5S. The Balaban J connectivity index is 1.57. The van der Waals surface area contributed by atoms with Crippen LogP contribution in [0.1, 0.15) is 17.6 Å². The van der Waals surface area contributed by atoms with Crippen LogP contribution in [0.5, 0.6) is 0 Å². The van der Waals surface area contributed by atoms with Crippen molar-refractivity contribution in [2.45, 2.75) is 20.3 Å². The van der Waals surface area contributed by atoms with Crippen LogP contribution >= 0.6 is 22.9 Å². The molecule has 140 valence electrons. The van der Waals surface area contributed by atoms with Crippen LogP contribution in [-0.4, -0.2) is 55.1 Å². The number of nitrogens with zero attached hydrogens (tertiary/aromatic N) is 4. The molecule has 0 amide bonds.